The normalized spacial score (nSPS) is 13.9. The summed E-state index contributed by atoms with van der Waals surface area (Å²) in [7, 11) is 0. The van der Waals surface area contributed by atoms with Crippen molar-refractivity contribution in [2.45, 2.75) is 17.8 Å². The van der Waals surface area contributed by atoms with Gasteiger partial charge in [0.15, 0.2) is 0 Å². The van der Waals surface area contributed by atoms with E-state index in [1.54, 1.807) is 12.3 Å². The molecule has 43 heavy (non-hydrogen) atoms. The Labute approximate surface area is 249 Å². The number of rotatable bonds is 9. The number of benzene rings is 3. The Hall–Kier alpha value is -4.20. The number of halogens is 4. The van der Waals surface area contributed by atoms with Gasteiger partial charge in [-0.25, -0.2) is 14.4 Å². The van der Waals surface area contributed by atoms with Crippen LogP contribution in [-0.2, 0) is 11.3 Å². The van der Waals surface area contributed by atoms with Crippen molar-refractivity contribution in [3.8, 4) is 17.0 Å². The first-order valence-corrected chi connectivity index (χ1v) is 14.4. The fourth-order valence-corrected chi connectivity index (χ4v) is 4.96. The van der Waals surface area contributed by atoms with Gasteiger partial charge in [0.25, 0.3) is 5.91 Å². The molecule has 0 radical (unpaired) electrons. The summed E-state index contributed by atoms with van der Waals surface area (Å²) in [5.74, 6) is -1.45. The first-order chi connectivity index (χ1) is 20.7. The Morgan fingerprint density at radius 2 is 1.84 bits per heavy atom. The van der Waals surface area contributed by atoms with E-state index in [2.05, 4.69) is 30.2 Å². The van der Waals surface area contributed by atoms with E-state index in [1.807, 2.05) is 18.2 Å². The van der Waals surface area contributed by atoms with Crippen LogP contribution < -0.4 is 15.4 Å². The van der Waals surface area contributed by atoms with Gasteiger partial charge in [-0.3, -0.25) is 9.69 Å². The third-order valence-electron chi connectivity index (χ3n) is 6.51. The highest BCUT2D eigenvalue weighted by atomic mass is 32.2. The van der Waals surface area contributed by atoms with Gasteiger partial charge < -0.3 is 20.1 Å². The van der Waals surface area contributed by atoms with E-state index in [4.69, 9.17) is 4.74 Å². The minimum atomic E-state index is -4.80. The van der Waals surface area contributed by atoms with Gasteiger partial charge in [-0.15, -0.1) is 24.9 Å². The highest BCUT2D eigenvalue weighted by Gasteiger charge is 2.31. The minimum Gasteiger partial charge on any atom is -0.406 e. The Balaban J connectivity index is 1.27. The number of alkyl halides is 3. The lowest BCUT2D eigenvalue weighted by Gasteiger charge is -2.26. The first-order valence-electron chi connectivity index (χ1n) is 13.2. The summed E-state index contributed by atoms with van der Waals surface area (Å²) in [6.07, 6.45) is -1.46. The zero-order valence-electron chi connectivity index (χ0n) is 23.0. The van der Waals surface area contributed by atoms with Gasteiger partial charge in [-0.1, -0.05) is 12.1 Å². The molecule has 1 aliphatic heterocycles. The molecule has 0 aliphatic carbocycles. The highest BCUT2D eigenvalue weighted by molar-refractivity contribution is 7.98. The largest absolute Gasteiger partial charge is 0.573 e. The van der Waals surface area contributed by atoms with Crippen molar-refractivity contribution in [3.05, 3.63) is 89.9 Å². The Morgan fingerprint density at radius 1 is 1.07 bits per heavy atom. The van der Waals surface area contributed by atoms with Crippen LogP contribution in [0, 0.1) is 5.82 Å². The average molecular weight is 614 g/mol. The number of nitrogens with one attached hydrogen (secondary N) is 2. The molecule has 13 heteroatoms. The van der Waals surface area contributed by atoms with E-state index in [0.717, 1.165) is 31.3 Å². The number of morpholine rings is 1. The van der Waals surface area contributed by atoms with Gasteiger partial charge in [-0.2, -0.15) is 0 Å². The van der Waals surface area contributed by atoms with Crippen molar-refractivity contribution in [1.82, 2.24) is 14.9 Å². The van der Waals surface area contributed by atoms with Crippen LogP contribution in [0.15, 0.2) is 77.8 Å². The second kappa shape index (κ2) is 13.4. The molecule has 2 N–H and O–H groups in total. The van der Waals surface area contributed by atoms with Crippen LogP contribution in [0.1, 0.15) is 15.9 Å². The summed E-state index contributed by atoms with van der Waals surface area (Å²) in [6, 6.07) is 16.8. The van der Waals surface area contributed by atoms with Crippen molar-refractivity contribution in [3.63, 3.8) is 0 Å². The highest BCUT2D eigenvalue weighted by Crippen LogP contribution is 2.32. The predicted octanol–water partition coefficient (Wildman–Crippen LogP) is 6.73. The SMILES string of the molecule is CSc1cnc(Nc2ccc(C(=O)Nc3cccc(CN4CCOCC4)c3)cc2F)nc1-c1ccc(OC(F)(F)F)cc1. The minimum absolute atomic E-state index is 0.0424. The second-order valence-corrected chi connectivity index (χ2v) is 10.4. The van der Waals surface area contributed by atoms with Gasteiger partial charge >= 0.3 is 6.36 Å². The molecule has 5 rings (SSSR count). The number of aromatic nitrogens is 2. The Morgan fingerprint density at radius 3 is 2.53 bits per heavy atom. The van der Waals surface area contributed by atoms with E-state index in [1.165, 1.54) is 54.4 Å². The van der Waals surface area contributed by atoms with Crippen molar-refractivity contribution >= 4 is 35.0 Å². The van der Waals surface area contributed by atoms with Crippen molar-refractivity contribution in [2.24, 2.45) is 0 Å². The molecule has 0 atom stereocenters. The third-order valence-corrected chi connectivity index (χ3v) is 7.25. The molecule has 1 aliphatic rings. The first kappa shape index (κ1) is 30.3. The standard InChI is InChI=1S/C30H27F4N5O3S/c1-43-26-17-35-29(38-27(26)20-5-8-23(9-6-20)42-30(32,33)34)37-25-10-7-21(16-24(25)31)28(40)36-22-4-2-3-19(15-22)18-39-11-13-41-14-12-39/h2-10,15-17H,11-14,18H2,1H3,(H,36,40)(H,35,37,38). The molecule has 0 bridgehead atoms. The molecule has 0 unspecified atom stereocenters. The van der Waals surface area contributed by atoms with E-state index in [-0.39, 0.29) is 22.9 Å². The van der Waals surface area contributed by atoms with E-state index in [9.17, 15) is 18.0 Å². The fraction of sp³-hybridized carbons (Fsp3) is 0.233. The lowest BCUT2D eigenvalue weighted by molar-refractivity contribution is -0.274. The summed E-state index contributed by atoms with van der Waals surface area (Å²) < 4.78 is 62.0. The molecule has 3 aromatic carbocycles. The van der Waals surface area contributed by atoms with Crippen LogP contribution in [0.4, 0.5) is 34.9 Å². The van der Waals surface area contributed by atoms with E-state index >= 15 is 4.39 Å². The van der Waals surface area contributed by atoms with Crippen LogP contribution in [0.3, 0.4) is 0 Å². The maximum atomic E-state index is 15.1. The van der Waals surface area contributed by atoms with E-state index < -0.39 is 18.1 Å². The van der Waals surface area contributed by atoms with Crippen LogP contribution in [0.2, 0.25) is 0 Å². The summed E-state index contributed by atoms with van der Waals surface area (Å²) in [5.41, 5.74) is 2.78. The smallest absolute Gasteiger partial charge is 0.406 e. The Bertz CT molecular complexity index is 1580. The third kappa shape index (κ3) is 8.21. The van der Waals surface area contributed by atoms with Crippen molar-refractivity contribution < 1.29 is 31.8 Å². The molecule has 1 aromatic heterocycles. The fourth-order valence-electron chi connectivity index (χ4n) is 4.45. The van der Waals surface area contributed by atoms with Crippen LogP contribution in [-0.4, -0.2) is 59.7 Å². The molecule has 0 saturated carbocycles. The number of hydrogen-bond donors (Lipinski definition) is 2. The number of anilines is 3. The summed E-state index contributed by atoms with van der Waals surface area (Å²) in [6.45, 7) is 3.82. The molecule has 1 amide bonds. The van der Waals surface area contributed by atoms with Gasteiger partial charge in [0.1, 0.15) is 11.6 Å². The quantitative estimate of drug-likeness (QED) is 0.159. The lowest BCUT2D eigenvalue weighted by atomic mass is 10.1. The number of hydrogen-bond acceptors (Lipinski definition) is 8. The molecule has 0 spiro atoms. The summed E-state index contributed by atoms with van der Waals surface area (Å²) in [4.78, 5) is 24.5. The second-order valence-electron chi connectivity index (χ2n) is 9.55. The summed E-state index contributed by atoms with van der Waals surface area (Å²) in [5, 5.41) is 5.63. The molecule has 4 aromatic rings. The van der Waals surface area contributed by atoms with Gasteiger partial charge in [-0.05, 0) is 66.4 Å². The molecular formula is C30H27F4N5O3S. The zero-order chi connectivity index (χ0) is 30.4. The molecule has 8 nitrogen and oxygen atoms in total. The molecule has 224 valence electrons. The zero-order valence-corrected chi connectivity index (χ0v) is 23.8. The number of thioether (sulfide) groups is 1. The number of amides is 1. The molecular weight excluding hydrogens is 586 g/mol. The number of ether oxygens (including phenoxy) is 2. The lowest BCUT2D eigenvalue weighted by Crippen LogP contribution is -2.35. The van der Waals surface area contributed by atoms with Gasteiger partial charge in [0, 0.05) is 42.6 Å². The summed E-state index contributed by atoms with van der Waals surface area (Å²) >= 11 is 1.35. The van der Waals surface area contributed by atoms with E-state index in [0.29, 0.717) is 35.1 Å². The predicted molar refractivity (Wildman–Crippen MR) is 156 cm³/mol. The van der Waals surface area contributed by atoms with Crippen LogP contribution >= 0.6 is 11.8 Å². The van der Waals surface area contributed by atoms with Crippen molar-refractivity contribution in [1.29, 1.82) is 0 Å². The van der Waals surface area contributed by atoms with Crippen LogP contribution in [0.25, 0.3) is 11.3 Å². The maximum absolute atomic E-state index is 15.1. The monoisotopic (exact) mass is 613 g/mol. The molecule has 1 saturated heterocycles. The maximum Gasteiger partial charge on any atom is 0.573 e. The number of carbonyl (C=O) groups excluding carboxylic acids is 1. The number of nitrogens with zero attached hydrogens (tertiary/aromatic N) is 3. The van der Waals surface area contributed by atoms with Gasteiger partial charge in [0.2, 0.25) is 5.95 Å². The van der Waals surface area contributed by atoms with Crippen LogP contribution in [0.5, 0.6) is 5.75 Å². The Kier molecular flexibility index (Phi) is 9.43. The molecule has 1 fully saturated rings. The number of carbonyl (C=O) groups is 1. The topological polar surface area (TPSA) is 88.6 Å². The average Bonchev–Trinajstić information content (AvgIpc) is 2.98. The molecule has 2 heterocycles. The van der Waals surface area contributed by atoms with Gasteiger partial charge in [0.05, 0.1) is 29.5 Å². The van der Waals surface area contributed by atoms with Crippen molar-refractivity contribution in [2.75, 3.05) is 43.2 Å².